The van der Waals surface area contributed by atoms with Crippen LogP contribution in [-0.4, -0.2) is 38.9 Å². The summed E-state index contributed by atoms with van der Waals surface area (Å²) < 4.78 is 0. The summed E-state index contributed by atoms with van der Waals surface area (Å²) in [5.74, 6) is -0.635. The van der Waals surface area contributed by atoms with E-state index in [1.54, 1.807) is 12.1 Å². The molecule has 1 aliphatic rings. The average Bonchev–Trinajstić information content (AvgIpc) is 2.67. The van der Waals surface area contributed by atoms with Crippen molar-refractivity contribution < 1.29 is 25.2 Å². The Bertz CT molecular complexity index is 840. The van der Waals surface area contributed by atoms with E-state index in [-0.39, 0.29) is 34.9 Å². The van der Waals surface area contributed by atoms with Crippen LogP contribution in [0.1, 0.15) is 41.6 Å². The molecular weight excluding hydrogens is 360 g/mol. The molecule has 0 bridgehead atoms. The molecule has 2 aromatic carbocycles. The lowest BCUT2D eigenvalue weighted by molar-refractivity contribution is 0.0919. The van der Waals surface area contributed by atoms with E-state index in [4.69, 9.17) is 0 Å². The van der Waals surface area contributed by atoms with Crippen LogP contribution in [0.4, 0.5) is 0 Å². The number of rotatable bonds is 6. The summed E-state index contributed by atoms with van der Waals surface area (Å²) in [7, 11) is 0. The highest BCUT2D eigenvalue weighted by molar-refractivity contribution is 5.95. The molecule has 2 aromatic rings. The summed E-state index contributed by atoms with van der Waals surface area (Å²) >= 11 is 0. The van der Waals surface area contributed by atoms with E-state index in [1.807, 2.05) is 0 Å². The molecule has 28 heavy (non-hydrogen) atoms. The van der Waals surface area contributed by atoms with Crippen LogP contribution in [0.25, 0.3) is 0 Å². The van der Waals surface area contributed by atoms with Crippen molar-refractivity contribution in [3.8, 4) is 23.0 Å². The first kappa shape index (κ1) is 19.8. The molecule has 1 saturated carbocycles. The number of carbonyl (C=O) groups excluding carboxylic acids is 1. The molecule has 2 unspecified atom stereocenters. The molecule has 1 aliphatic carbocycles. The van der Waals surface area contributed by atoms with Gasteiger partial charge < -0.3 is 31.1 Å². The molecule has 3 rings (SSSR count). The molecule has 0 spiro atoms. The highest BCUT2D eigenvalue weighted by Gasteiger charge is 2.23. The van der Waals surface area contributed by atoms with Gasteiger partial charge in [0.2, 0.25) is 0 Å². The Labute approximate surface area is 163 Å². The van der Waals surface area contributed by atoms with Crippen LogP contribution >= 0.6 is 0 Å². The van der Waals surface area contributed by atoms with Gasteiger partial charge in [-0.05, 0) is 67.6 Å². The number of hydrogen-bond acceptors (Lipinski definition) is 6. The van der Waals surface area contributed by atoms with Gasteiger partial charge in [0.05, 0.1) is 0 Å². The van der Waals surface area contributed by atoms with Crippen molar-refractivity contribution in [2.24, 2.45) is 5.92 Å². The minimum Gasteiger partial charge on any atom is -0.504 e. The number of phenols is 4. The summed E-state index contributed by atoms with van der Waals surface area (Å²) in [6.45, 7) is 1.39. The van der Waals surface area contributed by atoms with Crippen LogP contribution in [0.5, 0.6) is 23.0 Å². The van der Waals surface area contributed by atoms with Crippen molar-refractivity contribution in [2.75, 3.05) is 6.54 Å². The molecule has 150 valence electrons. The van der Waals surface area contributed by atoms with Crippen LogP contribution in [-0.2, 0) is 6.54 Å². The molecule has 7 heteroatoms. The molecule has 6 N–H and O–H groups in total. The summed E-state index contributed by atoms with van der Waals surface area (Å²) in [5.41, 5.74) is 1.21. The monoisotopic (exact) mass is 386 g/mol. The second kappa shape index (κ2) is 8.84. The van der Waals surface area contributed by atoms with E-state index >= 15 is 0 Å². The Hall–Kier alpha value is -2.93. The second-order valence-corrected chi connectivity index (χ2v) is 7.36. The Kier molecular flexibility index (Phi) is 6.26. The van der Waals surface area contributed by atoms with Gasteiger partial charge in [0.15, 0.2) is 23.0 Å². The van der Waals surface area contributed by atoms with Crippen molar-refractivity contribution in [2.45, 2.75) is 38.3 Å². The smallest absolute Gasteiger partial charge is 0.251 e. The predicted molar refractivity (Wildman–Crippen MR) is 104 cm³/mol. The normalized spacial score (nSPS) is 19.3. The number of nitrogens with one attached hydrogen (secondary N) is 2. The van der Waals surface area contributed by atoms with E-state index in [2.05, 4.69) is 10.6 Å². The summed E-state index contributed by atoms with van der Waals surface area (Å²) in [5, 5.41) is 44.2. The number of aromatic hydroxyl groups is 4. The number of carbonyl (C=O) groups is 1. The van der Waals surface area contributed by atoms with Gasteiger partial charge in [0, 0.05) is 18.2 Å². The second-order valence-electron chi connectivity index (χ2n) is 7.36. The zero-order chi connectivity index (χ0) is 20.1. The zero-order valence-electron chi connectivity index (χ0n) is 15.6. The minimum absolute atomic E-state index is 0.0710. The van der Waals surface area contributed by atoms with Gasteiger partial charge >= 0.3 is 0 Å². The number of hydrogen-bond donors (Lipinski definition) is 6. The maximum absolute atomic E-state index is 12.4. The number of benzene rings is 2. The first-order chi connectivity index (χ1) is 13.4. The van der Waals surface area contributed by atoms with E-state index < -0.39 is 0 Å². The lowest BCUT2D eigenvalue weighted by Crippen LogP contribution is -2.40. The van der Waals surface area contributed by atoms with Crippen molar-refractivity contribution in [3.63, 3.8) is 0 Å². The third kappa shape index (κ3) is 5.07. The predicted octanol–water partition coefficient (Wildman–Crippen LogP) is 2.59. The molecular formula is C21H26N2O5. The van der Waals surface area contributed by atoms with Gasteiger partial charge in [0.1, 0.15) is 0 Å². The first-order valence-electron chi connectivity index (χ1n) is 9.47. The van der Waals surface area contributed by atoms with Gasteiger partial charge in [-0.25, -0.2) is 0 Å². The molecule has 0 heterocycles. The van der Waals surface area contributed by atoms with Gasteiger partial charge in [-0.3, -0.25) is 4.79 Å². The van der Waals surface area contributed by atoms with Crippen LogP contribution in [0.2, 0.25) is 0 Å². The fourth-order valence-electron chi connectivity index (χ4n) is 3.64. The lowest BCUT2D eigenvalue weighted by Gasteiger charge is -2.30. The third-order valence-corrected chi connectivity index (χ3v) is 5.16. The molecule has 1 fully saturated rings. The Morgan fingerprint density at radius 3 is 2.36 bits per heavy atom. The van der Waals surface area contributed by atoms with Crippen LogP contribution in [0.15, 0.2) is 36.4 Å². The molecule has 0 aliphatic heterocycles. The molecule has 0 saturated heterocycles. The largest absolute Gasteiger partial charge is 0.504 e. The number of amides is 1. The summed E-state index contributed by atoms with van der Waals surface area (Å²) in [4.78, 5) is 12.4. The molecule has 7 nitrogen and oxygen atoms in total. The molecule has 2 atom stereocenters. The summed E-state index contributed by atoms with van der Waals surface area (Å²) in [6, 6.07) is 8.90. The molecule has 0 aromatic heterocycles. The Balaban J connectivity index is 1.47. The van der Waals surface area contributed by atoms with E-state index in [0.29, 0.717) is 18.0 Å². The molecule has 1 amide bonds. The van der Waals surface area contributed by atoms with Gasteiger partial charge in [-0.15, -0.1) is 0 Å². The van der Waals surface area contributed by atoms with Crippen molar-refractivity contribution in [1.82, 2.24) is 10.6 Å². The van der Waals surface area contributed by atoms with Gasteiger partial charge in [-0.2, -0.15) is 0 Å². The topological polar surface area (TPSA) is 122 Å². The molecule has 0 radical (unpaired) electrons. The fraction of sp³-hybridized carbons (Fsp3) is 0.381. The minimum atomic E-state index is -0.307. The van der Waals surface area contributed by atoms with Crippen molar-refractivity contribution in [1.29, 1.82) is 0 Å². The third-order valence-electron chi connectivity index (χ3n) is 5.16. The van der Waals surface area contributed by atoms with Crippen LogP contribution in [0, 0.1) is 5.92 Å². The standard InChI is InChI=1S/C21H26N2O5/c24-17-6-4-14(9-19(17)26)12-22-11-13-2-1-3-16(8-13)23-21(28)15-5-7-18(25)20(27)10-15/h4-7,9-10,13,16,22,24-27H,1-3,8,11-12H2,(H,23,28). The Morgan fingerprint density at radius 1 is 0.929 bits per heavy atom. The fourth-order valence-corrected chi connectivity index (χ4v) is 3.64. The zero-order valence-corrected chi connectivity index (χ0v) is 15.6. The van der Waals surface area contributed by atoms with Crippen LogP contribution < -0.4 is 10.6 Å². The quantitative estimate of drug-likeness (QED) is 0.424. The number of phenolic OH excluding ortho intramolecular Hbond substituents is 4. The van der Waals surface area contributed by atoms with E-state index in [9.17, 15) is 25.2 Å². The van der Waals surface area contributed by atoms with Gasteiger partial charge in [0.25, 0.3) is 5.91 Å². The van der Waals surface area contributed by atoms with Gasteiger partial charge in [-0.1, -0.05) is 12.5 Å². The Morgan fingerprint density at radius 2 is 1.64 bits per heavy atom. The SMILES string of the molecule is O=C(NC1CCCC(CNCc2ccc(O)c(O)c2)C1)c1ccc(O)c(O)c1. The average molecular weight is 386 g/mol. The van der Waals surface area contributed by atoms with E-state index in [1.165, 1.54) is 24.3 Å². The highest BCUT2D eigenvalue weighted by Crippen LogP contribution is 2.27. The first-order valence-corrected chi connectivity index (χ1v) is 9.47. The van der Waals surface area contributed by atoms with Crippen LogP contribution in [0.3, 0.4) is 0 Å². The highest BCUT2D eigenvalue weighted by atomic mass is 16.3. The maximum atomic E-state index is 12.4. The maximum Gasteiger partial charge on any atom is 0.251 e. The van der Waals surface area contributed by atoms with E-state index in [0.717, 1.165) is 37.8 Å². The lowest BCUT2D eigenvalue weighted by atomic mass is 9.85. The van der Waals surface area contributed by atoms with Crippen molar-refractivity contribution in [3.05, 3.63) is 47.5 Å². The van der Waals surface area contributed by atoms with Crippen molar-refractivity contribution >= 4 is 5.91 Å². The summed E-state index contributed by atoms with van der Waals surface area (Å²) in [6.07, 6.45) is 3.89.